The van der Waals surface area contributed by atoms with Crippen LogP contribution in [0.25, 0.3) is 21.9 Å². The van der Waals surface area contributed by atoms with E-state index in [1.807, 2.05) is 18.2 Å². The minimum absolute atomic E-state index is 0.0377. The Balaban J connectivity index is 1.68. The van der Waals surface area contributed by atoms with Gasteiger partial charge in [-0.1, -0.05) is 54.1 Å². The first-order valence-corrected chi connectivity index (χ1v) is 9.74. The second kappa shape index (κ2) is 7.44. The Bertz CT molecular complexity index is 1000. The predicted molar refractivity (Wildman–Crippen MR) is 109 cm³/mol. The number of hydrogen-bond acceptors (Lipinski definition) is 0. The number of rotatable bonds is 3. The van der Waals surface area contributed by atoms with Crippen LogP contribution in [0.4, 0.5) is 8.78 Å². The minimum Gasteiger partial charge on any atom is -0.206 e. The lowest BCUT2D eigenvalue weighted by atomic mass is 9.78. The van der Waals surface area contributed by atoms with Gasteiger partial charge >= 0.3 is 0 Å². The molecule has 1 aliphatic carbocycles. The van der Waals surface area contributed by atoms with E-state index in [0.717, 1.165) is 18.2 Å². The highest BCUT2D eigenvalue weighted by molar-refractivity contribution is 6.30. The third kappa shape index (κ3) is 3.51. The van der Waals surface area contributed by atoms with Gasteiger partial charge in [-0.2, -0.15) is 0 Å². The summed E-state index contributed by atoms with van der Waals surface area (Å²) in [7, 11) is 0. The van der Waals surface area contributed by atoms with Crippen LogP contribution in [0.3, 0.4) is 0 Å². The Kier molecular flexibility index (Phi) is 5.01. The topological polar surface area (TPSA) is 0 Å². The Hall–Kier alpha value is -2.19. The summed E-state index contributed by atoms with van der Waals surface area (Å²) in [6.45, 7) is 3.90. The van der Waals surface area contributed by atoms with Gasteiger partial charge in [0, 0.05) is 10.9 Å². The Morgan fingerprint density at radius 1 is 0.926 bits per heavy atom. The molecule has 3 aromatic rings. The number of fused-ring (bicyclic) bond motifs is 1. The van der Waals surface area contributed by atoms with Crippen LogP contribution in [-0.4, -0.2) is 0 Å². The molecule has 0 amide bonds. The average Bonchev–Trinajstić information content (AvgIpc) is 2.70. The van der Waals surface area contributed by atoms with Crippen LogP contribution in [0.5, 0.6) is 0 Å². The van der Waals surface area contributed by atoms with Crippen LogP contribution in [0, 0.1) is 17.6 Å². The van der Waals surface area contributed by atoms with Crippen LogP contribution in [0.1, 0.15) is 37.2 Å². The summed E-state index contributed by atoms with van der Waals surface area (Å²) in [6.07, 6.45) is 6.69. The lowest BCUT2D eigenvalue weighted by Gasteiger charge is -2.27. The Morgan fingerprint density at radius 3 is 2.41 bits per heavy atom. The van der Waals surface area contributed by atoms with E-state index in [-0.39, 0.29) is 10.8 Å². The summed E-state index contributed by atoms with van der Waals surface area (Å²) >= 11 is 5.74. The number of halogens is 3. The average molecular weight is 383 g/mol. The number of benzene rings is 3. The first-order valence-electron chi connectivity index (χ1n) is 9.37. The smallest absolute Gasteiger partial charge is 0.142 e. The molecule has 0 heterocycles. The lowest BCUT2D eigenvalue weighted by molar-refractivity contribution is 0.376. The van der Waals surface area contributed by atoms with Crippen molar-refractivity contribution < 1.29 is 8.78 Å². The molecule has 3 heteroatoms. The van der Waals surface area contributed by atoms with Gasteiger partial charge in [0.25, 0.3) is 0 Å². The first-order chi connectivity index (χ1) is 13.1. The molecule has 0 saturated heterocycles. The van der Waals surface area contributed by atoms with Crippen LogP contribution >= 0.6 is 11.6 Å². The van der Waals surface area contributed by atoms with Gasteiger partial charge in [0.15, 0.2) is 0 Å². The van der Waals surface area contributed by atoms with Crippen LogP contribution in [-0.2, 0) is 0 Å². The molecule has 0 unspecified atom stereocenters. The van der Waals surface area contributed by atoms with Crippen molar-refractivity contribution in [3.05, 3.63) is 83.4 Å². The standard InChI is InChI=1S/C24H21ClF2/c1-2-15-3-5-16(6-4-15)17-7-10-20-18(13-17)8-11-21(24(20)27)19-9-12-22(25)23(26)14-19/h2,7-16H,1,3-6H2. The third-order valence-corrected chi connectivity index (χ3v) is 6.09. The van der Waals surface area contributed by atoms with E-state index in [9.17, 15) is 4.39 Å². The fourth-order valence-electron chi connectivity index (χ4n) is 4.14. The van der Waals surface area contributed by atoms with Crippen molar-refractivity contribution in [3.63, 3.8) is 0 Å². The molecule has 0 radical (unpaired) electrons. The Morgan fingerprint density at radius 2 is 1.70 bits per heavy atom. The van der Waals surface area contributed by atoms with Crippen molar-refractivity contribution in [1.82, 2.24) is 0 Å². The van der Waals surface area contributed by atoms with Gasteiger partial charge in [0.05, 0.1) is 5.02 Å². The highest BCUT2D eigenvalue weighted by atomic mass is 35.5. The highest BCUT2D eigenvalue weighted by Crippen LogP contribution is 2.38. The zero-order chi connectivity index (χ0) is 19.0. The molecule has 0 atom stereocenters. The third-order valence-electron chi connectivity index (χ3n) is 5.79. The summed E-state index contributed by atoms with van der Waals surface area (Å²) in [6, 6.07) is 14.0. The summed E-state index contributed by atoms with van der Waals surface area (Å²) in [5.41, 5.74) is 2.15. The van der Waals surface area contributed by atoms with Crippen LogP contribution < -0.4 is 0 Å². The van der Waals surface area contributed by atoms with Gasteiger partial charge in [-0.15, -0.1) is 6.58 Å². The highest BCUT2D eigenvalue weighted by Gasteiger charge is 2.21. The maximum absolute atomic E-state index is 15.1. The molecule has 0 nitrogen and oxygen atoms in total. The molecule has 0 aromatic heterocycles. The normalized spacial score (nSPS) is 20.0. The van der Waals surface area contributed by atoms with Crippen molar-refractivity contribution >= 4 is 22.4 Å². The lowest BCUT2D eigenvalue weighted by Crippen LogP contribution is -2.11. The summed E-state index contributed by atoms with van der Waals surface area (Å²) in [5.74, 6) is 0.287. The maximum atomic E-state index is 15.1. The molecule has 27 heavy (non-hydrogen) atoms. The van der Waals surface area contributed by atoms with Gasteiger partial charge in [-0.25, -0.2) is 8.78 Å². The monoisotopic (exact) mass is 382 g/mol. The van der Waals surface area contributed by atoms with E-state index in [2.05, 4.69) is 18.7 Å². The molecule has 1 fully saturated rings. The summed E-state index contributed by atoms with van der Waals surface area (Å²) in [4.78, 5) is 0. The molecule has 0 N–H and O–H groups in total. The van der Waals surface area contributed by atoms with Crippen molar-refractivity contribution in [2.24, 2.45) is 5.92 Å². The van der Waals surface area contributed by atoms with Gasteiger partial charge in [-0.3, -0.25) is 0 Å². The first kappa shape index (κ1) is 18.2. The van der Waals surface area contributed by atoms with Crippen molar-refractivity contribution in [1.29, 1.82) is 0 Å². The van der Waals surface area contributed by atoms with Crippen molar-refractivity contribution in [2.45, 2.75) is 31.6 Å². The SMILES string of the molecule is C=CC1CCC(c2ccc3c(F)c(-c4ccc(Cl)c(F)c4)ccc3c2)CC1. The second-order valence-corrected chi connectivity index (χ2v) is 7.79. The molecular formula is C24H21ClF2. The van der Waals surface area contributed by atoms with Gasteiger partial charge in [0.1, 0.15) is 11.6 Å². The molecule has 1 saturated carbocycles. The molecule has 4 rings (SSSR count). The van der Waals surface area contributed by atoms with Crippen LogP contribution in [0.15, 0.2) is 61.2 Å². The molecule has 0 spiro atoms. The minimum atomic E-state index is -0.542. The van der Waals surface area contributed by atoms with Crippen molar-refractivity contribution in [2.75, 3.05) is 0 Å². The Labute approximate surface area is 163 Å². The van der Waals surface area contributed by atoms with Gasteiger partial charge < -0.3 is 0 Å². The quantitative estimate of drug-likeness (QED) is 0.404. The predicted octanol–water partition coefficient (Wildman–Crippen LogP) is 7.90. The zero-order valence-electron chi connectivity index (χ0n) is 15.0. The van der Waals surface area contributed by atoms with E-state index < -0.39 is 5.82 Å². The fourth-order valence-corrected chi connectivity index (χ4v) is 4.26. The van der Waals surface area contributed by atoms with E-state index >= 15 is 4.39 Å². The molecular weight excluding hydrogens is 362 g/mol. The summed E-state index contributed by atoms with van der Waals surface area (Å²) < 4.78 is 28.9. The van der Waals surface area contributed by atoms with Gasteiger partial charge in [0.2, 0.25) is 0 Å². The molecule has 0 bridgehead atoms. The van der Waals surface area contributed by atoms with E-state index in [1.54, 1.807) is 12.1 Å². The number of allylic oxidation sites excluding steroid dienone is 1. The van der Waals surface area contributed by atoms with Crippen LogP contribution in [0.2, 0.25) is 5.02 Å². The van der Waals surface area contributed by atoms with E-state index in [1.165, 1.54) is 30.5 Å². The van der Waals surface area contributed by atoms with Crippen molar-refractivity contribution in [3.8, 4) is 11.1 Å². The molecule has 1 aliphatic rings. The van der Waals surface area contributed by atoms with E-state index in [0.29, 0.717) is 28.3 Å². The largest absolute Gasteiger partial charge is 0.206 e. The molecule has 3 aromatic carbocycles. The van der Waals surface area contributed by atoms with Gasteiger partial charge in [-0.05, 0) is 66.2 Å². The molecule has 0 aliphatic heterocycles. The zero-order valence-corrected chi connectivity index (χ0v) is 15.8. The maximum Gasteiger partial charge on any atom is 0.142 e. The van der Waals surface area contributed by atoms with E-state index in [4.69, 9.17) is 11.6 Å². The second-order valence-electron chi connectivity index (χ2n) is 7.38. The number of hydrogen-bond donors (Lipinski definition) is 0. The summed E-state index contributed by atoms with van der Waals surface area (Å²) in [5, 5.41) is 1.48. The fraction of sp³-hybridized carbons (Fsp3) is 0.250. The molecule has 138 valence electrons.